The van der Waals surface area contributed by atoms with Crippen LogP contribution >= 0.6 is 0 Å². The van der Waals surface area contributed by atoms with Crippen molar-refractivity contribution < 1.29 is 9.26 Å². The molecule has 0 aliphatic carbocycles. The molecule has 0 saturated carbocycles. The highest BCUT2D eigenvalue weighted by atomic mass is 16.5. The van der Waals surface area contributed by atoms with Crippen LogP contribution in [0, 0.1) is 0 Å². The van der Waals surface area contributed by atoms with Crippen LogP contribution in [0.4, 0.5) is 5.69 Å². The topological polar surface area (TPSA) is 103 Å². The predicted octanol–water partition coefficient (Wildman–Crippen LogP) is 1.72. The van der Waals surface area contributed by atoms with Crippen molar-refractivity contribution in [3.8, 4) is 28.9 Å². The molecule has 0 atom stereocenters. The summed E-state index contributed by atoms with van der Waals surface area (Å²) in [6, 6.07) is 5.24. The summed E-state index contributed by atoms with van der Waals surface area (Å²) < 4.78 is 10.3. The number of nitrogens with two attached hydrogens (primary N) is 1. The van der Waals surface area contributed by atoms with Crippen molar-refractivity contribution in [2.45, 2.75) is 0 Å². The number of methoxy groups -OCH3 is 1. The summed E-state index contributed by atoms with van der Waals surface area (Å²) in [5, 5.41) is 3.86. The molecule has 0 radical (unpaired) electrons. The van der Waals surface area contributed by atoms with Crippen molar-refractivity contribution in [2.75, 3.05) is 12.8 Å². The van der Waals surface area contributed by atoms with Crippen LogP contribution in [0.5, 0.6) is 5.75 Å². The summed E-state index contributed by atoms with van der Waals surface area (Å²) in [7, 11) is 1.58. The number of anilines is 1. The molecule has 0 aliphatic heterocycles. The minimum absolute atomic E-state index is 0.322. The van der Waals surface area contributed by atoms with E-state index in [2.05, 4.69) is 20.1 Å². The second-order valence-electron chi connectivity index (χ2n) is 3.81. The summed E-state index contributed by atoms with van der Waals surface area (Å²) in [4.78, 5) is 11.2. The normalized spacial score (nSPS) is 10.6. The Morgan fingerprint density at radius 1 is 1.37 bits per heavy atom. The molecule has 96 valence electrons. The minimum atomic E-state index is 0.322. The van der Waals surface area contributed by atoms with Crippen LogP contribution in [-0.2, 0) is 0 Å². The maximum atomic E-state index is 5.90. The van der Waals surface area contributed by atoms with Gasteiger partial charge in [-0.15, -0.1) is 0 Å². The van der Waals surface area contributed by atoms with E-state index in [1.54, 1.807) is 37.7 Å². The van der Waals surface area contributed by atoms with Crippen LogP contribution in [0.1, 0.15) is 0 Å². The van der Waals surface area contributed by atoms with Crippen molar-refractivity contribution in [3.63, 3.8) is 0 Å². The molecular formula is C12H11N5O2. The Balaban J connectivity index is 2.03. The first-order valence-corrected chi connectivity index (χ1v) is 5.55. The number of hydrogen-bond acceptors (Lipinski definition) is 6. The van der Waals surface area contributed by atoms with Gasteiger partial charge < -0.3 is 20.0 Å². The van der Waals surface area contributed by atoms with E-state index in [1.165, 1.54) is 0 Å². The van der Waals surface area contributed by atoms with Crippen LogP contribution in [-0.4, -0.2) is 27.2 Å². The molecule has 7 heteroatoms. The number of hydrogen-bond donors (Lipinski definition) is 2. The van der Waals surface area contributed by atoms with Gasteiger partial charge in [0.05, 0.1) is 12.7 Å². The number of imidazole rings is 1. The average Bonchev–Trinajstić information content (AvgIpc) is 3.10. The van der Waals surface area contributed by atoms with Gasteiger partial charge in [0.2, 0.25) is 5.82 Å². The molecule has 7 nitrogen and oxygen atoms in total. The number of benzene rings is 1. The fourth-order valence-electron chi connectivity index (χ4n) is 1.66. The summed E-state index contributed by atoms with van der Waals surface area (Å²) in [6.45, 7) is 0. The van der Waals surface area contributed by atoms with Gasteiger partial charge in [0.25, 0.3) is 5.89 Å². The molecule has 3 N–H and O–H groups in total. The smallest absolute Gasteiger partial charge is 0.260 e. The molecule has 0 aliphatic rings. The second kappa shape index (κ2) is 4.45. The zero-order valence-corrected chi connectivity index (χ0v) is 10.1. The maximum absolute atomic E-state index is 5.90. The molecule has 1 aromatic carbocycles. The van der Waals surface area contributed by atoms with Crippen molar-refractivity contribution in [1.82, 2.24) is 20.1 Å². The number of nitrogen functional groups attached to an aromatic ring is 1. The van der Waals surface area contributed by atoms with E-state index in [0.29, 0.717) is 34.5 Å². The third-order valence-electron chi connectivity index (χ3n) is 2.63. The standard InChI is InChI=1S/C12H11N5O2/c1-18-7-2-3-9(13)8(6-7)12-16-11(17-19-12)10-14-4-5-15-10/h2-6H,13H2,1H3,(H,14,15). The number of rotatable bonds is 3. The quantitative estimate of drug-likeness (QED) is 0.692. The van der Waals surface area contributed by atoms with E-state index >= 15 is 0 Å². The maximum Gasteiger partial charge on any atom is 0.260 e. The van der Waals surface area contributed by atoms with Gasteiger partial charge in [-0.05, 0) is 18.2 Å². The van der Waals surface area contributed by atoms with Crippen LogP contribution in [0.2, 0.25) is 0 Å². The summed E-state index contributed by atoms with van der Waals surface area (Å²) in [5.41, 5.74) is 7.06. The first-order chi connectivity index (χ1) is 9.28. The van der Waals surface area contributed by atoms with E-state index in [-0.39, 0.29) is 0 Å². The van der Waals surface area contributed by atoms with Gasteiger partial charge in [0, 0.05) is 18.1 Å². The van der Waals surface area contributed by atoms with Crippen LogP contribution in [0.15, 0.2) is 35.1 Å². The highest BCUT2D eigenvalue weighted by Crippen LogP contribution is 2.29. The minimum Gasteiger partial charge on any atom is -0.497 e. The Hall–Kier alpha value is -2.83. The largest absolute Gasteiger partial charge is 0.497 e. The number of aromatic nitrogens is 4. The number of nitrogens with one attached hydrogen (secondary N) is 1. The van der Waals surface area contributed by atoms with Gasteiger partial charge in [0.15, 0.2) is 5.82 Å². The van der Waals surface area contributed by atoms with E-state index in [0.717, 1.165) is 0 Å². The first kappa shape index (κ1) is 11.3. The number of ether oxygens (including phenoxy) is 1. The molecule has 0 bridgehead atoms. The number of nitrogens with zero attached hydrogens (tertiary/aromatic N) is 3. The molecule has 0 fully saturated rings. The third-order valence-corrected chi connectivity index (χ3v) is 2.63. The Labute approximate surface area is 108 Å². The molecule has 0 amide bonds. The molecule has 0 saturated heterocycles. The average molecular weight is 257 g/mol. The SMILES string of the molecule is COc1ccc(N)c(-c2nc(-c3ncc[nH]3)no2)c1. The lowest BCUT2D eigenvalue weighted by Gasteiger charge is -2.03. The summed E-state index contributed by atoms with van der Waals surface area (Å²) >= 11 is 0. The van der Waals surface area contributed by atoms with Gasteiger partial charge >= 0.3 is 0 Å². The van der Waals surface area contributed by atoms with E-state index in [9.17, 15) is 0 Å². The van der Waals surface area contributed by atoms with Gasteiger partial charge in [-0.3, -0.25) is 0 Å². The van der Waals surface area contributed by atoms with E-state index < -0.39 is 0 Å². The molecule has 0 unspecified atom stereocenters. The molecule has 0 spiro atoms. The molecule has 2 aromatic heterocycles. The lowest BCUT2D eigenvalue weighted by Crippen LogP contribution is -1.92. The van der Waals surface area contributed by atoms with Crippen molar-refractivity contribution in [2.24, 2.45) is 0 Å². The lowest BCUT2D eigenvalue weighted by atomic mass is 10.1. The molecular weight excluding hydrogens is 246 g/mol. The van der Waals surface area contributed by atoms with Crippen molar-refractivity contribution in [3.05, 3.63) is 30.6 Å². The van der Waals surface area contributed by atoms with Crippen LogP contribution in [0.3, 0.4) is 0 Å². The fourth-order valence-corrected chi connectivity index (χ4v) is 1.66. The molecule has 3 rings (SSSR count). The van der Waals surface area contributed by atoms with Gasteiger partial charge in [0.1, 0.15) is 5.75 Å². The van der Waals surface area contributed by atoms with Gasteiger partial charge in [-0.25, -0.2) is 4.98 Å². The predicted molar refractivity (Wildman–Crippen MR) is 68.3 cm³/mol. The summed E-state index contributed by atoms with van der Waals surface area (Å²) in [5.74, 6) is 1.91. The van der Waals surface area contributed by atoms with Gasteiger partial charge in [-0.1, -0.05) is 5.16 Å². The highest BCUT2D eigenvalue weighted by molar-refractivity contribution is 5.72. The zero-order valence-electron chi connectivity index (χ0n) is 10.1. The van der Waals surface area contributed by atoms with Crippen LogP contribution in [0.25, 0.3) is 23.1 Å². The van der Waals surface area contributed by atoms with E-state index in [4.69, 9.17) is 15.0 Å². The Morgan fingerprint density at radius 3 is 3.00 bits per heavy atom. The van der Waals surface area contributed by atoms with Crippen molar-refractivity contribution >= 4 is 5.69 Å². The molecule has 3 aromatic rings. The Bertz CT molecular complexity index is 690. The first-order valence-electron chi connectivity index (χ1n) is 5.55. The summed E-state index contributed by atoms with van der Waals surface area (Å²) in [6.07, 6.45) is 3.30. The lowest BCUT2D eigenvalue weighted by molar-refractivity contribution is 0.413. The Kier molecular flexibility index (Phi) is 2.64. The molecule has 2 heterocycles. The second-order valence-corrected chi connectivity index (χ2v) is 3.81. The van der Waals surface area contributed by atoms with Crippen molar-refractivity contribution in [1.29, 1.82) is 0 Å². The van der Waals surface area contributed by atoms with Crippen LogP contribution < -0.4 is 10.5 Å². The number of H-pyrrole nitrogens is 1. The Morgan fingerprint density at radius 2 is 2.26 bits per heavy atom. The number of aromatic amines is 1. The monoisotopic (exact) mass is 257 g/mol. The van der Waals surface area contributed by atoms with E-state index in [1.807, 2.05) is 0 Å². The van der Waals surface area contributed by atoms with Gasteiger partial charge in [-0.2, -0.15) is 4.98 Å². The third kappa shape index (κ3) is 2.01. The highest BCUT2D eigenvalue weighted by Gasteiger charge is 2.15. The zero-order chi connectivity index (χ0) is 13.2. The molecule has 19 heavy (non-hydrogen) atoms. The fraction of sp³-hybridized carbons (Fsp3) is 0.0833.